The number of amides is 1. The lowest BCUT2D eigenvalue weighted by Crippen LogP contribution is -2.35. The minimum absolute atomic E-state index is 0.124. The third kappa shape index (κ3) is 5.52. The van der Waals surface area contributed by atoms with E-state index in [0.717, 1.165) is 43.9 Å². The van der Waals surface area contributed by atoms with Gasteiger partial charge in [0.15, 0.2) is 0 Å². The zero-order chi connectivity index (χ0) is 16.0. The van der Waals surface area contributed by atoms with Crippen LogP contribution in [0.3, 0.4) is 0 Å². The summed E-state index contributed by atoms with van der Waals surface area (Å²) in [6.07, 6.45) is 2.09. The highest BCUT2D eigenvalue weighted by atomic mass is 16.2. The zero-order valence-corrected chi connectivity index (χ0v) is 14.5. The monoisotopic (exact) mass is 293 g/mol. The third-order valence-corrected chi connectivity index (χ3v) is 3.66. The summed E-state index contributed by atoms with van der Waals surface area (Å²) < 4.78 is 1.81. The predicted octanol–water partition coefficient (Wildman–Crippen LogP) is 3.75. The molecule has 1 rings (SSSR count). The Morgan fingerprint density at radius 2 is 1.71 bits per heavy atom. The summed E-state index contributed by atoms with van der Waals surface area (Å²) in [5.74, 6) is 1.34. The molecule has 120 valence electrons. The number of rotatable bonds is 8. The fourth-order valence-corrected chi connectivity index (χ4v) is 2.26. The van der Waals surface area contributed by atoms with Crippen molar-refractivity contribution in [3.05, 3.63) is 17.5 Å². The van der Waals surface area contributed by atoms with Crippen molar-refractivity contribution < 1.29 is 4.79 Å². The molecule has 1 aromatic rings. The molecule has 4 heteroatoms. The molecule has 0 spiro atoms. The molecule has 0 bridgehead atoms. The summed E-state index contributed by atoms with van der Waals surface area (Å²) in [5.41, 5.74) is 1.63. The van der Waals surface area contributed by atoms with Crippen LogP contribution in [0.2, 0.25) is 0 Å². The molecule has 0 aromatic carbocycles. The van der Waals surface area contributed by atoms with Gasteiger partial charge in [-0.2, -0.15) is 5.10 Å². The zero-order valence-electron chi connectivity index (χ0n) is 14.5. The van der Waals surface area contributed by atoms with Crippen molar-refractivity contribution in [2.24, 2.45) is 11.8 Å². The van der Waals surface area contributed by atoms with E-state index in [2.05, 4.69) is 32.8 Å². The van der Waals surface area contributed by atoms with Crippen molar-refractivity contribution in [1.29, 1.82) is 0 Å². The third-order valence-electron chi connectivity index (χ3n) is 3.66. The Labute approximate surface area is 129 Å². The lowest BCUT2D eigenvalue weighted by atomic mass is 10.1. The molecule has 4 nitrogen and oxygen atoms in total. The molecule has 0 saturated heterocycles. The minimum atomic E-state index is 0.124. The second kappa shape index (κ2) is 8.20. The molecule has 0 aliphatic carbocycles. The van der Waals surface area contributed by atoms with Crippen molar-refractivity contribution >= 4 is 5.91 Å². The molecule has 21 heavy (non-hydrogen) atoms. The highest BCUT2D eigenvalue weighted by molar-refractivity contribution is 5.92. The molecule has 0 aliphatic rings. The van der Waals surface area contributed by atoms with Crippen molar-refractivity contribution in [2.45, 2.75) is 60.9 Å². The average Bonchev–Trinajstić information content (AvgIpc) is 2.78. The van der Waals surface area contributed by atoms with Gasteiger partial charge >= 0.3 is 0 Å². The molecular weight excluding hydrogens is 262 g/mol. The van der Waals surface area contributed by atoms with Gasteiger partial charge in [0.25, 0.3) is 5.91 Å². The molecular formula is C17H31N3O. The Kier molecular flexibility index (Phi) is 6.93. The van der Waals surface area contributed by atoms with Gasteiger partial charge < -0.3 is 4.90 Å². The van der Waals surface area contributed by atoms with E-state index in [1.807, 2.05) is 29.5 Å². The molecule has 0 unspecified atom stereocenters. The summed E-state index contributed by atoms with van der Waals surface area (Å²) in [5, 5.41) is 4.39. The second-order valence-corrected chi connectivity index (χ2v) is 6.64. The Hall–Kier alpha value is -1.32. The number of hydrogen-bond acceptors (Lipinski definition) is 2. The van der Waals surface area contributed by atoms with E-state index >= 15 is 0 Å². The van der Waals surface area contributed by atoms with Crippen molar-refractivity contribution in [1.82, 2.24) is 14.7 Å². The summed E-state index contributed by atoms with van der Waals surface area (Å²) >= 11 is 0. The lowest BCUT2D eigenvalue weighted by molar-refractivity contribution is 0.0728. The van der Waals surface area contributed by atoms with Gasteiger partial charge in [-0.3, -0.25) is 9.48 Å². The summed E-state index contributed by atoms with van der Waals surface area (Å²) in [6, 6.07) is 1.91. The predicted molar refractivity (Wildman–Crippen MR) is 87.5 cm³/mol. The standard InChI is InChI=1S/C17H31N3O/c1-7-20-16(12-15(6)18-20)17(21)19(10-8-13(2)3)11-9-14(4)5/h12-14H,7-11H2,1-6H3. The van der Waals surface area contributed by atoms with Gasteiger partial charge in [0.2, 0.25) is 0 Å². The van der Waals surface area contributed by atoms with Gasteiger partial charge in [0.1, 0.15) is 5.69 Å². The van der Waals surface area contributed by atoms with E-state index in [0.29, 0.717) is 11.8 Å². The Balaban J connectivity index is 2.86. The summed E-state index contributed by atoms with van der Waals surface area (Å²) in [7, 11) is 0. The maximum atomic E-state index is 12.8. The molecule has 1 heterocycles. The van der Waals surface area contributed by atoms with E-state index in [-0.39, 0.29) is 5.91 Å². The highest BCUT2D eigenvalue weighted by Crippen LogP contribution is 2.12. The Morgan fingerprint density at radius 1 is 1.19 bits per heavy atom. The van der Waals surface area contributed by atoms with E-state index in [1.165, 1.54) is 0 Å². The van der Waals surface area contributed by atoms with E-state index in [4.69, 9.17) is 0 Å². The summed E-state index contributed by atoms with van der Waals surface area (Å²) in [6.45, 7) is 15.2. The van der Waals surface area contributed by atoms with Crippen LogP contribution in [-0.2, 0) is 6.54 Å². The maximum Gasteiger partial charge on any atom is 0.272 e. The van der Waals surface area contributed by atoms with Crippen molar-refractivity contribution in [3.63, 3.8) is 0 Å². The van der Waals surface area contributed by atoms with Crippen LogP contribution < -0.4 is 0 Å². The first-order chi connectivity index (χ1) is 9.85. The van der Waals surface area contributed by atoms with Gasteiger partial charge in [-0.1, -0.05) is 27.7 Å². The second-order valence-electron chi connectivity index (χ2n) is 6.64. The number of carbonyl (C=O) groups is 1. The summed E-state index contributed by atoms with van der Waals surface area (Å²) in [4.78, 5) is 14.8. The number of hydrogen-bond donors (Lipinski definition) is 0. The SMILES string of the molecule is CCn1nc(C)cc1C(=O)N(CCC(C)C)CCC(C)C. The fraction of sp³-hybridized carbons (Fsp3) is 0.765. The fourth-order valence-electron chi connectivity index (χ4n) is 2.26. The average molecular weight is 293 g/mol. The number of aromatic nitrogens is 2. The number of aryl methyl sites for hydroxylation is 2. The largest absolute Gasteiger partial charge is 0.337 e. The normalized spacial score (nSPS) is 11.4. The van der Waals surface area contributed by atoms with Crippen LogP contribution in [0.25, 0.3) is 0 Å². The highest BCUT2D eigenvalue weighted by Gasteiger charge is 2.20. The lowest BCUT2D eigenvalue weighted by Gasteiger charge is -2.24. The minimum Gasteiger partial charge on any atom is -0.337 e. The van der Waals surface area contributed by atoms with Crippen LogP contribution in [0.15, 0.2) is 6.07 Å². The first-order valence-corrected chi connectivity index (χ1v) is 8.18. The topological polar surface area (TPSA) is 38.1 Å². The van der Waals surface area contributed by atoms with Gasteiger partial charge in [-0.05, 0) is 44.6 Å². The van der Waals surface area contributed by atoms with E-state index < -0.39 is 0 Å². The van der Waals surface area contributed by atoms with Gasteiger partial charge in [0, 0.05) is 19.6 Å². The molecule has 0 N–H and O–H groups in total. The molecule has 0 saturated carbocycles. The van der Waals surface area contributed by atoms with Crippen LogP contribution in [0, 0.1) is 18.8 Å². The molecule has 0 atom stereocenters. The molecule has 1 aromatic heterocycles. The maximum absolute atomic E-state index is 12.8. The first-order valence-electron chi connectivity index (χ1n) is 8.18. The Bertz CT molecular complexity index is 437. The molecule has 1 amide bonds. The van der Waals surface area contributed by atoms with Crippen LogP contribution in [0.4, 0.5) is 0 Å². The van der Waals surface area contributed by atoms with Crippen LogP contribution >= 0.6 is 0 Å². The Morgan fingerprint density at radius 3 is 2.14 bits per heavy atom. The van der Waals surface area contributed by atoms with Gasteiger partial charge in [0.05, 0.1) is 5.69 Å². The van der Waals surface area contributed by atoms with Crippen LogP contribution in [-0.4, -0.2) is 33.7 Å². The quantitative estimate of drug-likeness (QED) is 0.732. The van der Waals surface area contributed by atoms with E-state index in [9.17, 15) is 4.79 Å². The molecule has 0 fully saturated rings. The van der Waals surface area contributed by atoms with Crippen molar-refractivity contribution in [3.8, 4) is 0 Å². The smallest absolute Gasteiger partial charge is 0.272 e. The molecule has 0 radical (unpaired) electrons. The number of nitrogens with zero attached hydrogens (tertiary/aromatic N) is 3. The van der Waals surface area contributed by atoms with Crippen molar-refractivity contribution in [2.75, 3.05) is 13.1 Å². The van der Waals surface area contributed by atoms with E-state index in [1.54, 1.807) is 0 Å². The van der Waals surface area contributed by atoms with Gasteiger partial charge in [-0.25, -0.2) is 0 Å². The molecule has 0 aliphatic heterocycles. The van der Waals surface area contributed by atoms with Crippen LogP contribution in [0.5, 0.6) is 0 Å². The van der Waals surface area contributed by atoms with Gasteiger partial charge in [-0.15, -0.1) is 0 Å². The van der Waals surface area contributed by atoms with Crippen LogP contribution in [0.1, 0.15) is 63.6 Å². The first kappa shape index (κ1) is 17.7. The number of carbonyl (C=O) groups excluding carboxylic acids is 1.